The minimum absolute atomic E-state index is 0.0350. The SMILES string of the molecule is Cc1cc(O)c(C2=NCCSC(c3cccc(Oc4cc(Cl)cc(Cl)c4)c3)C2)c(=O)o1. The molecule has 1 atom stereocenters. The molecule has 160 valence electrons. The predicted molar refractivity (Wildman–Crippen MR) is 126 cm³/mol. The first-order valence-electron chi connectivity index (χ1n) is 9.62. The molecular formula is C23H19Cl2NO4S. The number of aliphatic imine (C=N–C) groups is 1. The number of ether oxygens (including phenoxy) is 1. The van der Waals surface area contributed by atoms with E-state index in [-0.39, 0.29) is 16.6 Å². The summed E-state index contributed by atoms with van der Waals surface area (Å²) in [6.45, 7) is 2.18. The van der Waals surface area contributed by atoms with Crippen LogP contribution in [0.5, 0.6) is 17.2 Å². The van der Waals surface area contributed by atoms with E-state index in [2.05, 4.69) is 4.99 Å². The number of aromatic hydroxyl groups is 1. The van der Waals surface area contributed by atoms with Gasteiger partial charge in [-0.05, 0) is 42.8 Å². The van der Waals surface area contributed by atoms with Crippen LogP contribution in [0.3, 0.4) is 0 Å². The number of thioether (sulfide) groups is 1. The third-order valence-corrected chi connectivity index (χ3v) is 6.43. The van der Waals surface area contributed by atoms with Crippen molar-refractivity contribution in [2.75, 3.05) is 12.3 Å². The van der Waals surface area contributed by atoms with Gasteiger partial charge < -0.3 is 14.3 Å². The van der Waals surface area contributed by atoms with Crippen molar-refractivity contribution in [3.8, 4) is 17.2 Å². The number of halogens is 2. The maximum Gasteiger partial charge on any atom is 0.348 e. The molecule has 1 unspecified atom stereocenters. The van der Waals surface area contributed by atoms with Gasteiger partial charge in [-0.1, -0.05) is 35.3 Å². The van der Waals surface area contributed by atoms with Crippen LogP contribution in [0.4, 0.5) is 0 Å². The van der Waals surface area contributed by atoms with E-state index in [1.807, 2.05) is 24.3 Å². The maximum atomic E-state index is 12.4. The molecule has 2 heterocycles. The maximum absolute atomic E-state index is 12.4. The molecule has 0 saturated carbocycles. The van der Waals surface area contributed by atoms with Crippen LogP contribution in [0.1, 0.15) is 28.6 Å². The molecule has 0 bridgehead atoms. The molecule has 1 N–H and O–H groups in total. The lowest BCUT2D eigenvalue weighted by Crippen LogP contribution is -2.17. The molecule has 4 rings (SSSR count). The summed E-state index contributed by atoms with van der Waals surface area (Å²) in [4.78, 5) is 16.9. The number of rotatable bonds is 4. The standard InChI is InChI=1S/C23H19Cl2NO4S/c1-13-7-20(27)22(23(28)29-13)19-12-21(31-6-5-26-19)14-3-2-4-17(8-14)30-18-10-15(24)9-16(25)11-18/h2-4,7-11,21,27H,5-6,12H2,1H3. The molecule has 31 heavy (non-hydrogen) atoms. The van der Waals surface area contributed by atoms with E-state index < -0.39 is 5.63 Å². The Labute approximate surface area is 193 Å². The normalized spacial score (nSPS) is 16.5. The first kappa shape index (κ1) is 21.8. The zero-order chi connectivity index (χ0) is 22.0. The van der Waals surface area contributed by atoms with Crippen molar-refractivity contribution in [2.45, 2.75) is 18.6 Å². The second-order valence-corrected chi connectivity index (χ2v) is 9.26. The van der Waals surface area contributed by atoms with Gasteiger partial charge in [0.05, 0.1) is 5.71 Å². The van der Waals surface area contributed by atoms with E-state index >= 15 is 0 Å². The molecule has 0 radical (unpaired) electrons. The van der Waals surface area contributed by atoms with Gasteiger partial charge in [0, 0.05) is 40.1 Å². The second kappa shape index (κ2) is 9.39. The van der Waals surface area contributed by atoms with E-state index in [4.69, 9.17) is 32.4 Å². The highest BCUT2D eigenvalue weighted by Gasteiger charge is 2.24. The van der Waals surface area contributed by atoms with Crippen LogP contribution >= 0.6 is 35.0 Å². The van der Waals surface area contributed by atoms with Gasteiger partial charge in [0.2, 0.25) is 0 Å². The summed E-state index contributed by atoms with van der Waals surface area (Å²) in [7, 11) is 0. The van der Waals surface area contributed by atoms with Gasteiger partial charge in [-0.15, -0.1) is 0 Å². The average Bonchev–Trinajstić information content (AvgIpc) is 2.93. The van der Waals surface area contributed by atoms with Gasteiger partial charge in [-0.2, -0.15) is 11.8 Å². The molecule has 1 aromatic heterocycles. The fraction of sp³-hybridized carbons (Fsp3) is 0.217. The van der Waals surface area contributed by atoms with Crippen molar-refractivity contribution < 1.29 is 14.3 Å². The Kier molecular flexibility index (Phi) is 6.60. The third-order valence-electron chi connectivity index (χ3n) is 4.74. The van der Waals surface area contributed by atoms with Crippen LogP contribution in [0.25, 0.3) is 0 Å². The lowest BCUT2D eigenvalue weighted by molar-refractivity contribution is 0.432. The molecule has 3 aromatic rings. The van der Waals surface area contributed by atoms with Crippen molar-refractivity contribution in [1.82, 2.24) is 0 Å². The molecule has 1 aliphatic heterocycles. The summed E-state index contributed by atoms with van der Waals surface area (Å²) < 4.78 is 11.1. The third kappa shape index (κ3) is 5.26. The van der Waals surface area contributed by atoms with Crippen molar-refractivity contribution in [2.24, 2.45) is 4.99 Å². The van der Waals surface area contributed by atoms with Gasteiger partial charge in [-0.25, -0.2) is 4.79 Å². The van der Waals surface area contributed by atoms with E-state index in [1.54, 1.807) is 36.9 Å². The summed E-state index contributed by atoms with van der Waals surface area (Å²) in [5.74, 6) is 2.25. The Morgan fingerprint density at radius 1 is 1.13 bits per heavy atom. The van der Waals surface area contributed by atoms with Crippen LogP contribution in [0.15, 0.2) is 62.7 Å². The number of aryl methyl sites for hydroxylation is 1. The Balaban J connectivity index is 1.60. The van der Waals surface area contributed by atoms with Crippen molar-refractivity contribution in [3.05, 3.63) is 85.9 Å². The second-order valence-electron chi connectivity index (χ2n) is 7.08. The van der Waals surface area contributed by atoms with Crippen LogP contribution in [0.2, 0.25) is 10.0 Å². The molecule has 0 fully saturated rings. The zero-order valence-corrected chi connectivity index (χ0v) is 18.9. The van der Waals surface area contributed by atoms with Gasteiger partial charge in [-0.3, -0.25) is 4.99 Å². The average molecular weight is 476 g/mol. The quantitative estimate of drug-likeness (QED) is 0.471. The Hall–Kier alpha value is -2.41. The summed E-state index contributed by atoms with van der Waals surface area (Å²) in [6, 6.07) is 14.2. The number of hydrogen-bond donors (Lipinski definition) is 1. The Morgan fingerprint density at radius 2 is 1.90 bits per heavy atom. The highest BCUT2D eigenvalue weighted by atomic mass is 35.5. The monoisotopic (exact) mass is 475 g/mol. The van der Waals surface area contributed by atoms with E-state index in [0.29, 0.717) is 46.0 Å². The molecular weight excluding hydrogens is 457 g/mol. The molecule has 0 spiro atoms. The molecule has 8 heteroatoms. The molecule has 0 aliphatic carbocycles. The minimum Gasteiger partial charge on any atom is -0.507 e. The van der Waals surface area contributed by atoms with Gasteiger partial charge in [0.25, 0.3) is 0 Å². The van der Waals surface area contributed by atoms with Crippen molar-refractivity contribution in [1.29, 1.82) is 0 Å². The van der Waals surface area contributed by atoms with Gasteiger partial charge in [0.15, 0.2) is 0 Å². The number of nitrogens with zero attached hydrogens (tertiary/aromatic N) is 1. The van der Waals surface area contributed by atoms with Crippen LogP contribution in [-0.4, -0.2) is 23.1 Å². The Bertz CT molecular complexity index is 1190. The first-order valence-corrected chi connectivity index (χ1v) is 11.4. The predicted octanol–water partition coefficient (Wildman–Crippen LogP) is 6.42. The van der Waals surface area contributed by atoms with Crippen molar-refractivity contribution >= 4 is 40.7 Å². The largest absolute Gasteiger partial charge is 0.507 e. The highest BCUT2D eigenvalue weighted by molar-refractivity contribution is 7.99. The van der Waals surface area contributed by atoms with Crippen LogP contribution < -0.4 is 10.4 Å². The van der Waals surface area contributed by atoms with Crippen LogP contribution in [-0.2, 0) is 0 Å². The molecule has 5 nitrogen and oxygen atoms in total. The molecule has 0 saturated heterocycles. The molecule has 2 aromatic carbocycles. The smallest absolute Gasteiger partial charge is 0.348 e. The summed E-state index contributed by atoms with van der Waals surface area (Å²) in [6.07, 6.45) is 0.485. The fourth-order valence-electron chi connectivity index (χ4n) is 3.43. The lowest BCUT2D eigenvalue weighted by Gasteiger charge is -2.17. The fourth-order valence-corrected chi connectivity index (χ4v) is 5.04. The Morgan fingerprint density at radius 3 is 2.65 bits per heavy atom. The van der Waals surface area contributed by atoms with Gasteiger partial charge in [0.1, 0.15) is 28.6 Å². The van der Waals surface area contributed by atoms with Crippen LogP contribution in [0, 0.1) is 6.92 Å². The van der Waals surface area contributed by atoms with E-state index in [0.717, 1.165) is 11.3 Å². The number of benzene rings is 2. The lowest BCUT2D eigenvalue weighted by atomic mass is 10.0. The minimum atomic E-state index is -0.572. The van der Waals surface area contributed by atoms with Crippen molar-refractivity contribution in [3.63, 3.8) is 0 Å². The van der Waals surface area contributed by atoms with Gasteiger partial charge >= 0.3 is 5.63 Å². The first-order chi connectivity index (χ1) is 14.9. The zero-order valence-electron chi connectivity index (χ0n) is 16.6. The topological polar surface area (TPSA) is 72.0 Å². The van der Waals surface area contributed by atoms with E-state index in [1.165, 1.54) is 6.07 Å². The highest BCUT2D eigenvalue weighted by Crippen LogP contribution is 2.38. The summed E-state index contributed by atoms with van der Waals surface area (Å²) in [5, 5.41) is 11.4. The molecule has 1 aliphatic rings. The van der Waals surface area contributed by atoms with E-state index in [9.17, 15) is 9.90 Å². The molecule has 0 amide bonds. The number of hydrogen-bond acceptors (Lipinski definition) is 6. The summed E-state index contributed by atoms with van der Waals surface area (Å²) in [5.41, 5.74) is 1.14. The summed E-state index contributed by atoms with van der Waals surface area (Å²) >= 11 is 13.9.